The van der Waals surface area contributed by atoms with Crippen molar-refractivity contribution >= 4 is 27.3 Å². The van der Waals surface area contributed by atoms with Crippen LogP contribution in [-0.2, 0) is 19.3 Å². The third-order valence-corrected chi connectivity index (χ3v) is 5.21. The average Bonchev–Trinajstić information content (AvgIpc) is 2.87. The van der Waals surface area contributed by atoms with Gasteiger partial charge in [-0.3, -0.25) is 0 Å². The van der Waals surface area contributed by atoms with Crippen molar-refractivity contribution in [2.24, 2.45) is 5.92 Å². The van der Waals surface area contributed by atoms with Crippen LogP contribution in [0.3, 0.4) is 0 Å². The van der Waals surface area contributed by atoms with E-state index in [1.54, 1.807) is 0 Å². The van der Waals surface area contributed by atoms with E-state index in [9.17, 15) is 0 Å². The minimum absolute atomic E-state index is 0.651. The number of nitrogens with one attached hydrogen (secondary N) is 1. The van der Waals surface area contributed by atoms with Crippen LogP contribution in [0, 0.1) is 5.92 Å². The molecule has 0 aliphatic heterocycles. The van der Waals surface area contributed by atoms with E-state index >= 15 is 0 Å². The van der Waals surface area contributed by atoms with E-state index in [1.807, 2.05) is 18.4 Å². The summed E-state index contributed by atoms with van der Waals surface area (Å²) in [4.78, 5) is 3.00. The first kappa shape index (κ1) is 15.7. The largest absolute Gasteiger partial charge is 0.319 e. The Kier molecular flexibility index (Phi) is 6.27. The molecule has 0 saturated heterocycles. The van der Waals surface area contributed by atoms with Crippen LogP contribution in [0.2, 0.25) is 0 Å². The summed E-state index contributed by atoms with van der Waals surface area (Å²) in [5, 5.41) is 3.34. The normalized spacial score (nSPS) is 12.6. The van der Waals surface area contributed by atoms with Gasteiger partial charge in [-0.2, -0.15) is 0 Å². The van der Waals surface area contributed by atoms with E-state index in [2.05, 4.69) is 64.6 Å². The molecule has 20 heavy (non-hydrogen) atoms. The second kappa shape index (κ2) is 7.96. The predicted molar refractivity (Wildman–Crippen MR) is 92.7 cm³/mol. The second-order valence-corrected chi connectivity index (χ2v) is 7.35. The fraction of sp³-hybridized carbons (Fsp3) is 0.412. The molecule has 1 N–H and O–H groups in total. The monoisotopic (exact) mass is 351 g/mol. The molecule has 0 bridgehead atoms. The Morgan fingerprint density at radius 3 is 2.60 bits per heavy atom. The van der Waals surface area contributed by atoms with Gasteiger partial charge in [0.15, 0.2) is 0 Å². The summed E-state index contributed by atoms with van der Waals surface area (Å²) in [5.74, 6) is 0.651. The van der Waals surface area contributed by atoms with Crippen molar-refractivity contribution < 1.29 is 0 Å². The maximum Gasteiger partial charge on any atom is 0.0177 e. The van der Waals surface area contributed by atoms with Gasteiger partial charge in [-0.1, -0.05) is 35.0 Å². The molecule has 1 aromatic heterocycles. The summed E-state index contributed by atoms with van der Waals surface area (Å²) in [6.45, 7) is 3.29. The van der Waals surface area contributed by atoms with Gasteiger partial charge in [0, 0.05) is 14.2 Å². The van der Waals surface area contributed by atoms with E-state index in [1.165, 1.54) is 19.8 Å². The summed E-state index contributed by atoms with van der Waals surface area (Å²) in [6, 6.07) is 13.2. The molecule has 2 aromatic rings. The number of aryl methyl sites for hydroxylation is 1. The van der Waals surface area contributed by atoms with Crippen LogP contribution >= 0.6 is 27.3 Å². The number of hydrogen-bond acceptors (Lipinski definition) is 2. The van der Waals surface area contributed by atoms with Crippen molar-refractivity contribution in [3.63, 3.8) is 0 Å². The predicted octanol–water partition coefficient (Wildman–Crippen LogP) is 4.69. The fourth-order valence-electron chi connectivity index (χ4n) is 2.51. The highest BCUT2D eigenvalue weighted by Crippen LogP contribution is 2.23. The van der Waals surface area contributed by atoms with Crippen molar-refractivity contribution in [2.45, 2.75) is 26.2 Å². The molecular formula is C17H22BrNS. The lowest BCUT2D eigenvalue weighted by molar-refractivity contribution is 0.496. The van der Waals surface area contributed by atoms with Crippen LogP contribution in [0.15, 0.2) is 40.9 Å². The van der Waals surface area contributed by atoms with Crippen LogP contribution < -0.4 is 5.32 Å². The van der Waals surface area contributed by atoms with Gasteiger partial charge < -0.3 is 5.32 Å². The molecule has 1 aromatic carbocycles. The Morgan fingerprint density at radius 1 is 1.15 bits per heavy atom. The number of hydrogen-bond donors (Lipinski definition) is 1. The second-order valence-electron chi connectivity index (χ2n) is 5.18. The Morgan fingerprint density at radius 2 is 1.95 bits per heavy atom. The molecule has 0 radical (unpaired) electrons. The maximum absolute atomic E-state index is 3.56. The maximum atomic E-state index is 3.56. The first-order valence-corrected chi connectivity index (χ1v) is 8.78. The molecule has 1 unspecified atom stereocenters. The van der Waals surface area contributed by atoms with Crippen molar-refractivity contribution in [1.29, 1.82) is 0 Å². The zero-order valence-electron chi connectivity index (χ0n) is 12.2. The first-order valence-electron chi connectivity index (χ1n) is 7.18. The van der Waals surface area contributed by atoms with Gasteiger partial charge in [-0.15, -0.1) is 11.3 Å². The van der Waals surface area contributed by atoms with Crippen LogP contribution in [0.25, 0.3) is 0 Å². The molecule has 2 rings (SSSR count). The smallest absolute Gasteiger partial charge is 0.0177 e. The highest BCUT2D eigenvalue weighted by Gasteiger charge is 2.12. The molecule has 1 atom stereocenters. The summed E-state index contributed by atoms with van der Waals surface area (Å²) in [7, 11) is 2.04. The van der Waals surface area contributed by atoms with Crippen molar-refractivity contribution in [1.82, 2.24) is 5.32 Å². The highest BCUT2D eigenvalue weighted by molar-refractivity contribution is 9.10. The van der Waals surface area contributed by atoms with E-state index < -0.39 is 0 Å². The fourth-order valence-corrected chi connectivity index (χ4v) is 4.03. The molecule has 108 valence electrons. The Hall–Kier alpha value is -0.640. The van der Waals surface area contributed by atoms with E-state index in [4.69, 9.17) is 0 Å². The van der Waals surface area contributed by atoms with E-state index in [0.29, 0.717) is 5.92 Å². The SMILES string of the molecule is CCc1ccc(CC(CNC)Cc2cccc(Br)c2)s1. The van der Waals surface area contributed by atoms with Gasteiger partial charge >= 0.3 is 0 Å². The van der Waals surface area contributed by atoms with Gasteiger partial charge in [-0.05, 0) is 68.6 Å². The summed E-state index contributed by atoms with van der Waals surface area (Å²) in [6.07, 6.45) is 3.44. The average molecular weight is 352 g/mol. The molecule has 0 aliphatic rings. The zero-order valence-corrected chi connectivity index (χ0v) is 14.6. The molecule has 0 spiro atoms. The van der Waals surface area contributed by atoms with Gasteiger partial charge in [0.25, 0.3) is 0 Å². The summed E-state index contributed by atoms with van der Waals surface area (Å²) < 4.78 is 1.17. The third kappa shape index (κ3) is 4.72. The third-order valence-electron chi connectivity index (χ3n) is 3.46. The quantitative estimate of drug-likeness (QED) is 0.762. The summed E-state index contributed by atoms with van der Waals surface area (Å²) in [5.41, 5.74) is 1.41. The molecular weight excluding hydrogens is 330 g/mol. The first-order chi connectivity index (χ1) is 9.71. The number of thiophene rings is 1. The lowest BCUT2D eigenvalue weighted by atomic mass is 9.95. The lowest BCUT2D eigenvalue weighted by Gasteiger charge is -2.16. The Labute approximate surface area is 134 Å². The lowest BCUT2D eigenvalue weighted by Crippen LogP contribution is -2.22. The van der Waals surface area contributed by atoms with Gasteiger partial charge in [0.1, 0.15) is 0 Å². The van der Waals surface area contributed by atoms with Gasteiger partial charge in [0.05, 0.1) is 0 Å². The Bertz CT molecular complexity index is 535. The zero-order chi connectivity index (χ0) is 14.4. The molecule has 0 fully saturated rings. The van der Waals surface area contributed by atoms with Crippen LogP contribution in [0.1, 0.15) is 22.2 Å². The number of benzene rings is 1. The molecule has 3 heteroatoms. The van der Waals surface area contributed by atoms with E-state index in [-0.39, 0.29) is 0 Å². The summed E-state index contributed by atoms with van der Waals surface area (Å²) >= 11 is 5.52. The van der Waals surface area contributed by atoms with Gasteiger partial charge in [-0.25, -0.2) is 0 Å². The molecule has 0 aliphatic carbocycles. The van der Waals surface area contributed by atoms with Gasteiger partial charge in [0.2, 0.25) is 0 Å². The Balaban J connectivity index is 2.02. The molecule has 1 heterocycles. The van der Waals surface area contributed by atoms with Crippen LogP contribution in [0.5, 0.6) is 0 Å². The minimum atomic E-state index is 0.651. The molecule has 1 nitrogen and oxygen atoms in total. The van der Waals surface area contributed by atoms with E-state index in [0.717, 1.165) is 25.8 Å². The van der Waals surface area contributed by atoms with Crippen molar-refractivity contribution in [2.75, 3.05) is 13.6 Å². The molecule has 0 saturated carbocycles. The van der Waals surface area contributed by atoms with Crippen LogP contribution in [0.4, 0.5) is 0 Å². The highest BCUT2D eigenvalue weighted by atomic mass is 79.9. The van der Waals surface area contributed by atoms with Crippen molar-refractivity contribution in [3.8, 4) is 0 Å². The van der Waals surface area contributed by atoms with Crippen molar-refractivity contribution in [3.05, 3.63) is 56.2 Å². The minimum Gasteiger partial charge on any atom is -0.319 e. The van der Waals surface area contributed by atoms with Crippen LogP contribution in [-0.4, -0.2) is 13.6 Å². The standard InChI is InChI=1S/C17H22BrNS/c1-3-16-7-8-17(20-16)11-14(12-19-2)9-13-5-4-6-15(18)10-13/h4-8,10,14,19H,3,9,11-12H2,1-2H3. The number of rotatable bonds is 7. The topological polar surface area (TPSA) is 12.0 Å². The molecule has 0 amide bonds. The number of halogens is 1.